The van der Waals surface area contributed by atoms with Gasteiger partial charge in [-0.3, -0.25) is 0 Å². The van der Waals surface area contributed by atoms with E-state index >= 15 is 0 Å². The largest absolute Gasteiger partial charge is 0.417 e. The zero-order valence-corrected chi connectivity index (χ0v) is 11.6. The minimum atomic E-state index is -4.72. The number of alkyl halides is 4. The van der Waals surface area contributed by atoms with Gasteiger partial charge in [0.1, 0.15) is 0 Å². The Labute approximate surface area is 114 Å². The van der Waals surface area contributed by atoms with Crippen LogP contribution in [-0.2, 0) is 16.2 Å². The number of benzene rings is 1. The highest BCUT2D eigenvalue weighted by Crippen LogP contribution is 2.33. The molecule has 0 spiro atoms. The SMILES string of the molecule is CC(CCCl)NS(=O)(=O)c1ccccc1C(F)(F)F. The van der Waals surface area contributed by atoms with E-state index in [1.54, 1.807) is 0 Å². The van der Waals surface area contributed by atoms with Gasteiger partial charge in [-0.2, -0.15) is 13.2 Å². The highest BCUT2D eigenvalue weighted by Gasteiger charge is 2.37. The lowest BCUT2D eigenvalue weighted by Gasteiger charge is -2.16. The molecule has 0 saturated carbocycles. The lowest BCUT2D eigenvalue weighted by atomic mass is 10.2. The molecule has 1 aromatic carbocycles. The minimum absolute atomic E-state index is 0.213. The molecular weight excluding hydrogens is 303 g/mol. The molecule has 19 heavy (non-hydrogen) atoms. The molecule has 8 heteroatoms. The standard InChI is InChI=1S/C11H13ClF3NO2S/c1-8(6-7-12)16-19(17,18)10-5-3-2-4-9(10)11(13,14)15/h2-5,8,16H,6-7H2,1H3. The van der Waals surface area contributed by atoms with Crippen LogP contribution in [0.1, 0.15) is 18.9 Å². The summed E-state index contributed by atoms with van der Waals surface area (Å²) in [6.07, 6.45) is -4.39. The van der Waals surface area contributed by atoms with Crippen molar-refractivity contribution in [3.8, 4) is 0 Å². The summed E-state index contributed by atoms with van der Waals surface area (Å²) >= 11 is 5.46. The van der Waals surface area contributed by atoms with Gasteiger partial charge < -0.3 is 0 Å². The van der Waals surface area contributed by atoms with Crippen molar-refractivity contribution in [2.75, 3.05) is 5.88 Å². The summed E-state index contributed by atoms with van der Waals surface area (Å²) in [5, 5.41) is 0. The molecule has 108 valence electrons. The van der Waals surface area contributed by atoms with Crippen molar-refractivity contribution in [3.63, 3.8) is 0 Å². The van der Waals surface area contributed by atoms with Crippen LogP contribution >= 0.6 is 11.6 Å². The van der Waals surface area contributed by atoms with E-state index in [0.29, 0.717) is 6.42 Å². The van der Waals surface area contributed by atoms with Gasteiger partial charge in [0.15, 0.2) is 0 Å². The molecule has 1 aromatic rings. The first-order valence-corrected chi connectivity index (χ1v) is 7.45. The number of hydrogen-bond acceptors (Lipinski definition) is 2. The molecule has 1 N–H and O–H groups in total. The predicted molar refractivity (Wildman–Crippen MR) is 66.6 cm³/mol. The highest BCUT2D eigenvalue weighted by molar-refractivity contribution is 7.89. The Hall–Kier alpha value is -0.790. The van der Waals surface area contributed by atoms with Crippen LogP contribution in [0, 0.1) is 0 Å². The van der Waals surface area contributed by atoms with E-state index in [9.17, 15) is 21.6 Å². The van der Waals surface area contributed by atoms with Crippen molar-refractivity contribution in [3.05, 3.63) is 29.8 Å². The Balaban J connectivity index is 3.16. The Bertz CT molecular complexity index is 531. The quantitative estimate of drug-likeness (QED) is 0.849. The number of hydrogen-bond donors (Lipinski definition) is 1. The maximum absolute atomic E-state index is 12.8. The average Bonchev–Trinajstić information content (AvgIpc) is 2.27. The summed E-state index contributed by atoms with van der Waals surface area (Å²) in [5.74, 6) is 0.213. The third-order valence-corrected chi connectivity index (χ3v) is 4.25. The molecule has 0 aliphatic heterocycles. The Kier molecular flexibility index (Phi) is 5.23. The third-order valence-electron chi connectivity index (χ3n) is 2.38. The second kappa shape index (κ2) is 6.11. The molecule has 1 rings (SSSR count). The summed E-state index contributed by atoms with van der Waals surface area (Å²) in [4.78, 5) is -0.774. The maximum atomic E-state index is 12.8. The fraction of sp³-hybridized carbons (Fsp3) is 0.455. The van der Waals surface area contributed by atoms with Crippen molar-refractivity contribution in [1.82, 2.24) is 4.72 Å². The minimum Gasteiger partial charge on any atom is -0.208 e. The Morgan fingerprint density at radius 1 is 1.32 bits per heavy atom. The summed E-state index contributed by atoms with van der Waals surface area (Å²) in [6.45, 7) is 1.54. The van der Waals surface area contributed by atoms with Gasteiger partial charge in [-0.25, -0.2) is 13.1 Å². The summed E-state index contributed by atoms with van der Waals surface area (Å²) in [5.41, 5.74) is -1.18. The average molecular weight is 316 g/mol. The molecule has 0 fully saturated rings. The first-order valence-electron chi connectivity index (χ1n) is 5.43. The van der Waals surface area contributed by atoms with Crippen LogP contribution in [0.15, 0.2) is 29.2 Å². The number of rotatable bonds is 5. The lowest BCUT2D eigenvalue weighted by Crippen LogP contribution is -2.34. The van der Waals surface area contributed by atoms with Crippen LogP contribution in [0.3, 0.4) is 0 Å². The van der Waals surface area contributed by atoms with Crippen LogP contribution < -0.4 is 4.72 Å². The molecule has 0 aliphatic rings. The van der Waals surface area contributed by atoms with E-state index in [4.69, 9.17) is 11.6 Å². The van der Waals surface area contributed by atoms with Gasteiger partial charge in [-0.05, 0) is 25.5 Å². The maximum Gasteiger partial charge on any atom is 0.417 e. The predicted octanol–water partition coefficient (Wildman–Crippen LogP) is 3.00. The van der Waals surface area contributed by atoms with E-state index in [1.165, 1.54) is 13.0 Å². The fourth-order valence-corrected chi connectivity index (χ4v) is 3.32. The number of halogens is 4. The van der Waals surface area contributed by atoms with Crippen molar-refractivity contribution in [1.29, 1.82) is 0 Å². The molecular formula is C11H13ClF3NO2S. The number of nitrogens with one attached hydrogen (secondary N) is 1. The lowest BCUT2D eigenvalue weighted by molar-refractivity contribution is -0.139. The molecule has 0 bridgehead atoms. The van der Waals surface area contributed by atoms with Crippen LogP contribution in [0.4, 0.5) is 13.2 Å². The van der Waals surface area contributed by atoms with E-state index in [1.807, 2.05) is 0 Å². The van der Waals surface area contributed by atoms with Crippen LogP contribution in [0.5, 0.6) is 0 Å². The van der Waals surface area contributed by atoms with E-state index in [0.717, 1.165) is 18.2 Å². The van der Waals surface area contributed by atoms with Gasteiger partial charge in [0, 0.05) is 11.9 Å². The molecule has 3 nitrogen and oxygen atoms in total. The third kappa shape index (κ3) is 4.36. The van der Waals surface area contributed by atoms with Crippen molar-refractivity contribution < 1.29 is 21.6 Å². The first kappa shape index (κ1) is 16.3. The van der Waals surface area contributed by atoms with Gasteiger partial charge >= 0.3 is 6.18 Å². The van der Waals surface area contributed by atoms with Crippen LogP contribution in [0.25, 0.3) is 0 Å². The Morgan fingerprint density at radius 3 is 2.42 bits per heavy atom. The smallest absolute Gasteiger partial charge is 0.208 e. The molecule has 1 atom stereocenters. The monoisotopic (exact) mass is 315 g/mol. The zero-order chi connectivity index (χ0) is 14.7. The van der Waals surface area contributed by atoms with Gasteiger partial charge in [0.05, 0.1) is 10.5 Å². The summed E-state index contributed by atoms with van der Waals surface area (Å²) < 4.78 is 64.3. The normalized spacial score (nSPS) is 14.4. The van der Waals surface area contributed by atoms with Gasteiger partial charge in [0.25, 0.3) is 0 Å². The Morgan fingerprint density at radius 2 is 1.89 bits per heavy atom. The second-order valence-corrected chi connectivity index (χ2v) is 6.05. The molecule has 0 heterocycles. The molecule has 1 unspecified atom stereocenters. The molecule has 0 radical (unpaired) electrons. The second-order valence-electron chi connectivity index (χ2n) is 3.99. The van der Waals surface area contributed by atoms with E-state index < -0.39 is 32.7 Å². The van der Waals surface area contributed by atoms with Crippen LogP contribution in [-0.4, -0.2) is 20.3 Å². The summed E-state index contributed by atoms with van der Waals surface area (Å²) in [7, 11) is -4.22. The fourth-order valence-electron chi connectivity index (χ4n) is 1.49. The highest BCUT2D eigenvalue weighted by atomic mass is 35.5. The van der Waals surface area contributed by atoms with Crippen molar-refractivity contribution in [2.45, 2.75) is 30.5 Å². The van der Waals surface area contributed by atoms with Crippen LogP contribution in [0.2, 0.25) is 0 Å². The van der Waals surface area contributed by atoms with Crippen molar-refractivity contribution >= 4 is 21.6 Å². The zero-order valence-electron chi connectivity index (χ0n) is 10.0. The van der Waals surface area contributed by atoms with E-state index in [-0.39, 0.29) is 5.88 Å². The molecule has 0 aromatic heterocycles. The van der Waals surface area contributed by atoms with Gasteiger partial charge in [-0.1, -0.05) is 12.1 Å². The summed E-state index contributed by atoms with van der Waals surface area (Å²) in [6, 6.07) is 3.52. The molecule has 0 amide bonds. The van der Waals surface area contributed by atoms with Gasteiger partial charge in [0.2, 0.25) is 10.0 Å². The molecule has 0 aliphatic carbocycles. The topological polar surface area (TPSA) is 46.2 Å². The first-order chi connectivity index (χ1) is 8.68. The van der Waals surface area contributed by atoms with Crippen molar-refractivity contribution in [2.24, 2.45) is 0 Å². The van der Waals surface area contributed by atoms with Gasteiger partial charge in [-0.15, -0.1) is 11.6 Å². The number of sulfonamides is 1. The van der Waals surface area contributed by atoms with E-state index in [2.05, 4.69) is 4.72 Å². The molecule has 0 saturated heterocycles.